The van der Waals surface area contributed by atoms with E-state index in [-0.39, 0.29) is 12.0 Å². The lowest BCUT2D eigenvalue weighted by molar-refractivity contribution is -0.0207. The van der Waals surface area contributed by atoms with Gasteiger partial charge in [0.25, 0.3) is 0 Å². The van der Waals surface area contributed by atoms with Gasteiger partial charge in [0.15, 0.2) is 0 Å². The Morgan fingerprint density at radius 1 is 1.19 bits per heavy atom. The second-order valence-electron chi connectivity index (χ2n) is 7.58. The molecule has 3 atom stereocenters. The van der Waals surface area contributed by atoms with Gasteiger partial charge >= 0.3 is 0 Å². The number of hydrogen-bond donors (Lipinski definition) is 1. The number of nitrogens with one attached hydrogen (secondary N) is 1. The van der Waals surface area contributed by atoms with Crippen molar-refractivity contribution in [3.63, 3.8) is 0 Å². The Morgan fingerprint density at radius 3 is 2.50 bits per heavy atom. The summed E-state index contributed by atoms with van der Waals surface area (Å²) in [5.41, 5.74) is 1.94. The predicted octanol–water partition coefficient (Wildman–Crippen LogP) is 3.91. The van der Waals surface area contributed by atoms with E-state index in [0.29, 0.717) is 0 Å². The summed E-state index contributed by atoms with van der Waals surface area (Å²) in [6, 6.07) is 10.2. The van der Waals surface area contributed by atoms with E-state index in [2.05, 4.69) is 35.1 Å². The van der Waals surface area contributed by atoms with Crippen LogP contribution >= 0.6 is 0 Å². The fourth-order valence-electron chi connectivity index (χ4n) is 4.09. The number of sulfonamides is 1. The highest BCUT2D eigenvalue weighted by atomic mass is 32.2. The largest absolute Gasteiger partial charge is 0.373 e. The molecule has 3 unspecified atom stereocenters. The molecule has 2 aliphatic carbocycles. The number of ether oxygens (including phenoxy) is 1. The monoisotopic (exact) mass is 375 g/mol. The van der Waals surface area contributed by atoms with E-state index in [1.165, 1.54) is 11.1 Å². The van der Waals surface area contributed by atoms with Gasteiger partial charge in [-0.15, -0.1) is 0 Å². The van der Waals surface area contributed by atoms with Gasteiger partial charge in [-0.3, -0.25) is 0 Å². The molecule has 0 spiro atoms. The van der Waals surface area contributed by atoms with Gasteiger partial charge in [0, 0.05) is 19.1 Å². The topological polar surface area (TPSA) is 55.4 Å². The molecule has 1 saturated carbocycles. The molecular weight excluding hydrogens is 346 g/mol. The van der Waals surface area contributed by atoms with Crippen molar-refractivity contribution in [2.24, 2.45) is 5.92 Å². The summed E-state index contributed by atoms with van der Waals surface area (Å²) in [6.07, 6.45) is 10.1. The average Bonchev–Trinajstić information content (AvgIpc) is 3.10. The first kappa shape index (κ1) is 19.3. The van der Waals surface area contributed by atoms with E-state index in [1.807, 2.05) is 18.2 Å². The van der Waals surface area contributed by atoms with Crippen molar-refractivity contribution in [1.29, 1.82) is 0 Å². The van der Waals surface area contributed by atoms with Crippen LogP contribution in [0.4, 0.5) is 0 Å². The van der Waals surface area contributed by atoms with Crippen molar-refractivity contribution < 1.29 is 13.2 Å². The van der Waals surface area contributed by atoms with Crippen LogP contribution in [0.25, 0.3) is 5.57 Å². The lowest BCUT2D eigenvalue weighted by Gasteiger charge is -2.40. The lowest BCUT2D eigenvalue weighted by Crippen LogP contribution is -2.50. The Morgan fingerprint density at radius 2 is 1.92 bits per heavy atom. The summed E-state index contributed by atoms with van der Waals surface area (Å²) in [5, 5.41) is -0.422. The van der Waals surface area contributed by atoms with Crippen LogP contribution < -0.4 is 4.72 Å². The molecule has 5 heteroatoms. The summed E-state index contributed by atoms with van der Waals surface area (Å²) in [4.78, 5) is 0. The molecule has 0 amide bonds. The Balaban J connectivity index is 1.80. The van der Waals surface area contributed by atoms with Crippen molar-refractivity contribution in [1.82, 2.24) is 4.72 Å². The van der Waals surface area contributed by atoms with E-state index in [1.54, 1.807) is 21.0 Å². The molecule has 1 aromatic carbocycles. The van der Waals surface area contributed by atoms with Gasteiger partial charge < -0.3 is 4.74 Å². The molecule has 0 heterocycles. The fraction of sp³-hybridized carbons (Fsp3) is 0.524. The van der Waals surface area contributed by atoms with E-state index in [9.17, 15) is 8.42 Å². The SMILES string of the molecule is COC1(C2CCCC2NS(=O)(=O)C(C)C)C=CC(c2ccccc2)=CC1. The van der Waals surface area contributed by atoms with Crippen LogP contribution in [-0.2, 0) is 14.8 Å². The van der Waals surface area contributed by atoms with Gasteiger partial charge in [-0.05, 0) is 44.2 Å². The summed E-state index contributed by atoms with van der Waals surface area (Å²) in [5.74, 6) is 0.144. The number of rotatable bonds is 6. The maximum atomic E-state index is 12.4. The minimum absolute atomic E-state index is 0.0707. The third kappa shape index (κ3) is 3.80. The van der Waals surface area contributed by atoms with Crippen molar-refractivity contribution in [2.75, 3.05) is 7.11 Å². The lowest BCUT2D eigenvalue weighted by atomic mass is 9.77. The van der Waals surface area contributed by atoms with Crippen LogP contribution in [0.3, 0.4) is 0 Å². The Hall–Kier alpha value is -1.43. The minimum atomic E-state index is -3.29. The molecule has 2 aliphatic rings. The molecule has 1 N–H and O–H groups in total. The van der Waals surface area contributed by atoms with Crippen molar-refractivity contribution >= 4 is 15.6 Å². The van der Waals surface area contributed by atoms with E-state index >= 15 is 0 Å². The van der Waals surface area contributed by atoms with Crippen molar-refractivity contribution in [3.8, 4) is 0 Å². The van der Waals surface area contributed by atoms with Gasteiger partial charge in [0.1, 0.15) is 0 Å². The van der Waals surface area contributed by atoms with Gasteiger partial charge in [0.05, 0.1) is 10.9 Å². The minimum Gasteiger partial charge on any atom is -0.373 e. The molecule has 1 fully saturated rings. The van der Waals surface area contributed by atoms with Gasteiger partial charge in [-0.1, -0.05) is 55.0 Å². The first-order valence-corrected chi connectivity index (χ1v) is 10.9. The van der Waals surface area contributed by atoms with E-state index < -0.39 is 20.9 Å². The van der Waals surface area contributed by atoms with Crippen molar-refractivity contribution in [3.05, 3.63) is 54.1 Å². The van der Waals surface area contributed by atoms with Crippen LogP contribution in [0.5, 0.6) is 0 Å². The highest BCUT2D eigenvalue weighted by Gasteiger charge is 2.45. The molecule has 0 bridgehead atoms. The number of hydrogen-bond acceptors (Lipinski definition) is 3. The molecule has 26 heavy (non-hydrogen) atoms. The molecule has 0 saturated heterocycles. The molecular formula is C21H29NO3S. The standard InChI is InChI=1S/C21H29NO3S/c1-16(2)26(23,24)22-20-11-7-10-19(20)21(25-3)14-12-18(13-15-21)17-8-5-4-6-9-17/h4-6,8-9,12-14,16,19-20,22H,7,10-11,15H2,1-3H3. The second-order valence-corrected chi connectivity index (χ2v) is 9.85. The summed E-state index contributed by atoms with van der Waals surface area (Å²) < 4.78 is 33.7. The van der Waals surface area contributed by atoms with E-state index in [0.717, 1.165) is 25.7 Å². The average molecular weight is 376 g/mol. The van der Waals surface area contributed by atoms with Crippen LogP contribution in [0, 0.1) is 5.92 Å². The first-order chi connectivity index (χ1) is 12.4. The molecule has 1 aromatic rings. The van der Waals surface area contributed by atoms with Gasteiger partial charge in [-0.2, -0.15) is 0 Å². The van der Waals surface area contributed by atoms with Gasteiger partial charge in [-0.25, -0.2) is 13.1 Å². The second kappa shape index (κ2) is 7.67. The Labute approximate surface area is 157 Å². The van der Waals surface area contributed by atoms with Gasteiger partial charge in [0.2, 0.25) is 10.0 Å². The summed E-state index contributed by atoms with van der Waals surface area (Å²) in [7, 11) is -1.55. The fourth-order valence-corrected chi connectivity index (χ4v) is 5.07. The molecule has 3 rings (SSSR count). The molecule has 142 valence electrons. The highest BCUT2D eigenvalue weighted by molar-refractivity contribution is 7.90. The maximum Gasteiger partial charge on any atom is 0.214 e. The Kier molecular flexibility index (Phi) is 5.70. The third-order valence-corrected chi connectivity index (χ3v) is 7.63. The summed E-state index contributed by atoms with van der Waals surface area (Å²) in [6.45, 7) is 3.43. The zero-order valence-electron chi connectivity index (χ0n) is 15.8. The van der Waals surface area contributed by atoms with Crippen LogP contribution in [0.1, 0.15) is 45.1 Å². The summed E-state index contributed by atoms with van der Waals surface area (Å²) >= 11 is 0. The zero-order chi connectivity index (χ0) is 18.8. The smallest absolute Gasteiger partial charge is 0.214 e. The number of allylic oxidation sites excluding steroid dienone is 2. The molecule has 0 radical (unpaired) electrons. The van der Waals surface area contributed by atoms with Crippen molar-refractivity contribution in [2.45, 2.75) is 56.4 Å². The third-order valence-electron chi connectivity index (χ3n) is 5.75. The Bertz CT molecular complexity index is 783. The number of benzene rings is 1. The predicted molar refractivity (Wildman–Crippen MR) is 106 cm³/mol. The maximum absolute atomic E-state index is 12.4. The van der Waals surface area contributed by atoms with Crippen LogP contribution in [0.15, 0.2) is 48.6 Å². The molecule has 0 aliphatic heterocycles. The normalized spacial score (nSPS) is 29.2. The highest BCUT2D eigenvalue weighted by Crippen LogP contribution is 2.43. The zero-order valence-corrected chi connectivity index (χ0v) is 16.6. The van der Waals surface area contributed by atoms with E-state index in [4.69, 9.17) is 4.74 Å². The molecule has 0 aromatic heterocycles. The first-order valence-electron chi connectivity index (χ1n) is 9.39. The molecule has 4 nitrogen and oxygen atoms in total. The quantitative estimate of drug-likeness (QED) is 0.820. The van der Waals surface area contributed by atoms with Crippen LogP contribution in [0.2, 0.25) is 0 Å². The number of methoxy groups -OCH3 is 1. The van der Waals surface area contributed by atoms with Crippen LogP contribution in [-0.4, -0.2) is 32.4 Å².